The zero-order valence-electron chi connectivity index (χ0n) is 18.6. The summed E-state index contributed by atoms with van der Waals surface area (Å²) in [5.41, 5.74) is 1.62. The SMILES string of the molecule is CCOC(=O)c1c(NC(=O)[C@H]2[C@H](C(=O)O)[C@H]3C=C[C@H]2C3)sc2c1CC[C@H](C(C)(C)C)C2. The lowest BCUT2D eigenvalue weighted by molar-refractivity contribution is -0.146. The number of carbonyl (C=O) groups is 3. The van der Waals surface area contributed by atoms with Crippen molar-refractivity contribution in [2.45, 2.75) is 53.4 Å². The Morgan fingerprint density at radius 1 is 1.19 bits per heavy atom. The van der Waals surface area contributed by atoms with Gasteiger partial charge in [-0.1, -0.05) is 32.9 Å². The number of rotatable bonds is 5. The fourth-order valence-corrected chi connectivity index (χ4v) is 6.86. The molecule has 3 aliphatic carbocycles. The third kappa shape index (κ3) is 3.93. The summed E-state index contributed by atoms with van der Waals surface area (Å²) in [5, 5.41) is 13.2. The molecule has 0 saturated heterocycles. The first-order chi connectivity index (χ1) is 14.6. The van der Waals surface area contributed by atoms with E-state index in [1.807, 2.05) is 12.2 Å². The van der Waals surface area contributed by atoms with Crippen LogP contribution in [-0.4, -0.2) is 29.6 Å². The molecule has 0 radical (unpaired) electrons. The number of hydrogen-bond donors (Lipinski definition) is 2. The van der Waals surface area contributed by atoms with E-state index >= 15 is 0 Å². The number of fused-ring (bicyclic) bond motifs is 3. The third-order valence-corrected chi connectivity index (χ3v) is 8.42. The average Bonchev–Trinajstić information content (AvgIpc) is 3.38. The van der Waals surface area contributed by atoms with Gasteiger partial charge in [0, 0.05) is 4.88 Å². The number of amides is 1. The van der Waals surface area contributed by atoms with Gasteiger partial charge in [0.25, 0.3) is 0 Å². The molecular formula is C24H31NO5S. The zero-order valence-corrected chi connectivity index (χ0v) is 19.4. The van der Waals surface area contributed by atoms with Crippen LogP contribution < -0.4 is 5.32 Å². The summed E-state index contributed by atoms with van der Waals surface area (Å²) in [5.74, 6) is -2.60. The summed E-state index contributed by atoms with van der Waals surface area (Å²) in [4.78, 5) is 39.0. The van der Waals surface area contributed by atoms with Crippen LogP contribution in [0.15, 0.2) is 12.2 Å². The van der Waals surface area contributed by atoms with Crippen molar-refractivity contribution in [3.63, 3.8) is 0 Å². The van der Waals surface area contributed by atoms with Crippen molar-refractivity contribution in [1.29, 1.82) is 0 Å². The van der Waals surface area contributed by atoms with Gasteiger partial charge in [-0.2, -0.15) is 0 Å². The van der Waals surface area contributed by atoms with E-state index in [0.717, 1.165) is 29.7 Å². The fourth-order valence-electron chi connectivity index (χ4n) is 5.54. The largest absolute Gasteiger partial charge is 0.481 e. The first kappa shape index (κ1) is 22.1. The summed E-state index contributed by atoms with van der Waals surface area (Å²) < 4.78 is 5.31. The summed E-state index contributed by atoms with van der Waals surface area (Å²) in [6.07, 6.45) is 7.24. The molecule has 0 aromatic carbocycles. The average molecular weight is 446 g/mol. The molecule has 0 aliphatic heterocycles. The molecule has 31 heavy (non-hydrogen) atoms. The van der Waals surface area contributed by atoms with Gasteiger partial charge in [0.15, 0.2) is 0 Å². The van der Waals surface area contributed by atoms with Crippen LogP contribution in [0.4, 0.5) is 5.00 Å². The van der Waals surface area contributed by atoms with Crippen molar-refractivity contribution < 1.29 is 24.2 Å². The lowest BCUT2D eigenvalue weighted by Crippen LogP contribution is -2.36. The molecule has 1 amide bonds. The number of allylic oxidation sites excluding steroid dienone is 2. The smallest absolute Gasteiger partial charge is 0.341 e. The fraction of sp³-hybridized carbons (Fsp3) is 0.625. The minimum atomic E-state index is -0.930. The van der Waals surface area contributed by atoms with Crippen LogP contribution in [0.25, 0.3) is 0 Å². The highest BCUT2D eigenvalue weighted by atomic mass is 32.1. The monoisotopic (exact) mass is 445 g/mol. The Morgan fingerprint density at radius 3 is 2.48 bits per heavy atom. The zero-order chi connectivity index (χ0) is 22.5. The lowest BCUT2D eigenvalue weighted by atomic mass is 9.72. The van der Waals surface area contributed by atoms with Crippen molar-refractivity contribution in [2.75, 3.05) is 11.9 Å². The van der Waals surface area contributed by atoms with Crippen molar-refractivity contribution in [3.8, 4) is 0 Å². The number of aliphatic carboxylic acids is 1. The molecule has 0 unspecified atom stereocenters. The van der Waals surface area contributed by atoms with Gasteiger partial charge in [-0.25, -0.2) is 4.79 Å². The molecule has 5 atom stereocenters. The van der Waals surface area contributed by atoms with Gasteiger partial charge >= 0.3 is 11.9 Å². The Bertz CT molecular complexity index is 941. The molecule has 6 nitrogen and oxygen atoms in total. The standard InChI is InChI=1S/C24H31NO5S/c1-5-30-23(29)19-15-9-8-14(24(2,3)4)11-16(15)31-21(19)25-20(26)17-12-6-7-13(10-12)18(17)22(27)28/h6-7,12-14,17-18H,5,8-11H2,1-4H3,(H,25,26)(H,27,28)/t12-,13-,14-,17+,18+/m0/s1. The van der Waals surface area contributed by atoms with Gasteiger partial charge < -0.3 is 15.2 Å². The molecule has 1 fully saturated rings. The summed E-state index contributed by atoms with van der Waals surface area (Å²) in [6, 6.07) is 0. The number of carboxylic acids is 1. The number of ether oxygens (including phenoxy) is 1. The Kier molecular flexibility index (Phi) is 5.75. The molecule has 4 rings (SSSR count). The van der Waals surface area contributed by atoms with Gasteiger partial charge in [0.2, 0.25) is 5.91 Å². The second kappa shape index (κ2) is 8.08. The number of thiophene rings is 1. The van der Waals surface area contributed by atoms with Crippen LogP contribution in [0.2, 0.25) is 0 Å². The van der Waals surface area contributed by atoms with Crippen LogP contribution in [0, 0.1) is 35.0 Å². The van der Waals surface area contributed by atoms with Crippen LogP contribution >= 0.6 is 11.3 Å². The van der Waals surface area contributed by atoms with Crippen LogP contribution in [0.1, 0.15) is 61.3 Å². The van der Waals surface area contributed by atoms with Gasteiger partial charge in [0.1, 0.15) is 5.00 Å². The van der Waals surface area contributed by atoms with E-state index in [1.54, 1.807) is 6.92 Å². The van der Waals surface area contributed by atoms with Crippen molar-refractivity contribution in [3.05, 3.63) is 28.2 Å². The Morgan fingerprint density at radius 2 is 1.87 bits per heavy atom. The Balaban J connectivity index is 1.64. The molecule has 2 N–H and O–H groups in total. The summed E-state index contributed by atoms with van der Waals surface area (Å²) in [6.45, 7) is 8.74. The van der Waals surface area contributed by atoms with Crippen molar-refractivity contribution in [1.82, 2.24) is 0 Å². The van der Waals surface area contributed by atoms with Gasteiger partial charge in [-0.3, -0.25) is 9.59 Å². The van der Waals surface area contributed by atoms with E-state index in [-0.39, 0.29) is 29.8 Å². The van der Waals surface area contributed by atoms with Gasteiger partial charge in [-0.15, -0.1) is 11.3 Å². The maximum atomic E-state index is 13.2. The molecule has 7 heteroatoms. The summed E-state index contributed by atoms with van der Waals surface area (Å²) in [7, 11) is 0. The highest BCUT2D eigenvalue weighted by Gasteiger charge is 2.52. The predicted octanol–water partition coefficient (Wildman–Crippen LogP) is 4.54. The molecule has 1 aromatic heterocycles. The molecule has 2 bridgehead atoms. The maximum absolute atomic E-state index is 13.2. The van der Waals surface area contributed by atoms with Crippen LogP contribution in [0.3, 0.4) is 0 Å². The molecular weight excluding hydrogens is 414 g/mol. The number of carboxylic acid groups (broad SMARTS) is 1. The molecule has 0 spiro atoms. The molecule has 168 valence electrons. The van der Waals surface area contributed by atoms with Crippen LogP contribution in [-0.2, 0) is 27.2 Å². The quantitative estimate of drug-likeness (QED) is 0.513. The number of anilines is 1. The van der Waals surface area contributed by atoms with E-state index in [4.69, 9.17) is 4.74 Å². The summed E-state index contributed by atoms with van der Waals surface area (Å²) >= 11 is 1.45. The molecule has 1 aromatic rings. The van der Waals surface area contributed by atoms with E-state index in [1.165, 1.54) is 11.3 Å². The van der Waals surface area contributed by atoms with E-state index < -0.39 is 23.8 Å². The molecule has 3 aliphatic rings. The molecule has 1 heterocycles. The number of carbonyl (C=O) groups excluding carboxylic acids is 2. The number of nitrogens with one attached hydrogen (secondary N) is 1. The third-order valence-electron chi connectivity index (χ3n) is 7.25. The van der Waals surface area contributed by atoms with E-state index in [2.05, 4.69) is 26.1 Å². The van der Waals surface area contributed by atoms with Crippen LogP contribution in [0.5, 0.6) is 0 Å². The predicted molar refractivity (Wildman–Crippen MR) is 119 cm³/mol. The Labute approximate surface area is 187 Å². The van der Waals surface area contributed by atoms with Gasteiger partial charge in [-0.05, 0) is 61.3 Å². The lowest BCUT2D eigenvalue weighted by Gasteiger charge is -2.33. The van der Waals surface area contributed by atoms with Crippen molar-refractivity contribution >= 4 is 34.2 Å². The minimum Gasteiger partial charge on any atom is -0.481 e. The normalized spacial score (nSPS) is 29.0. The maximum Gasteiger partial charge on any atom is 0.341 e. The van der Waals surface area contributed by atoms with Crippen molar-refractivity contribution in [2.24, 2.45) is 35.0 Å². The molecule has 1 saturated carbocycles. The minimum absolute atomic E-state index is 0.0583. The van der Waals surface area contributed by atoms with E-state index in [0.29, 0.717) is 22.9 Å². The second-order valence-corrected chi connectivity index (χ2v) is 11.2. The number of esters is 1. The van der Waals surface area contributed by atoms with Gasteiger partial charge in [0.05, 0.1) is 24.0 Å². The first-order valence-corrected chi connectivity index (χ1v) is 12.0. The topological polar surface area (TPSA) is 92.7 Å². The first-order valence-electron chi connectivity index (χ1n) is 11.2. The highest BCUT2D eigenvalue weighted by Crippen LogP contribution is 2.49. The highest BCUT2D eigenvalue weighted by molar-refractivity contribution is 7.17. The number of hydrogen-bond acceptors (Lipinski definition) is 5. The van der Waals surface area contributed by atoms with E-state index in [9.17, 15) is 19.5 Å². The Hall–Kier alpha value is -2.15. The second-order valence-electron chi connectivity index (χ2n) is 10.1.